The van der Waals surface area contributed by atoms with E-state index in [-0.39, 0.29) is 17.2 Å². The fourth-order valence-electron chi connectivity index (χ4n) is 4.96. The summed E-state index contributed by atoms with van der Waals surface area (Å²) in [6.07, 6.45) is 6.60. The van der Waals surface area contributed by atoms with Crippen molar-refractivity contribution in [3.63, 3.8) is 0 Å². The number of aromatic nitrogens is 3. The molecule has 9 heteroatoms. The lowest BCUT2D eigenvalue weighted by molar-refractivity contribution is 0.0925. The lowest BCUT2D eigenvalue weighted by Crippen LogP contribution is -2.25. The number of amides is 1. The first-order valence-corrected chi connectivity index (χ1v) is 14.9. The average molecular weight is 557 g/mol. The molecule has 0 aliphatic heterocycles. The molecule has 0 spiro atoms. The highest BCUT2D eigenvalue weighted by Crippen LogP contribution is 2.36. The van der Waals surface area contributed by atoms with Crippen molar-refractivity contribution in [1.29, 1.82) is 0 Å². The molecule has 6 rings (SSSR count). The molecule has 4 aromatic heterocycles. The van der Waals surface area contributed by atoms with Crippen molar-refractivity contribution in [2.24, 2.45) is 0 Å². The number of fused-ring (bicyclic) bond motifs is 3. The smallest absolute Gasteiger partial charge is 0.287 e. The summed E-state index contributed by atoms with van der Waals surface area (Å²) in [5.74, 6) is 1.09. The minimum Gasteiger partial charge on any atom is -0.455 e. The molecule has 0 unspecified atom stereocenters. The summed E-state index contributed by atoms with van der Waals surface area (Å²) in [5.41, 5.74) is 3.94. The Morgan fingerprint density at radius 2 is 1.95 bits per heavy atom. The van der Waals surface area contributed by atoms with Crippen LogP contribution in [0.1, 0.15) is 50.9 Å². The van der Waals surface area contributed by atoms with Crippen molar-refractivity contribution in [2.75, 3.05) is 6.54 Å². The summed E-state index contributed by atoms with van der Waals surface area (Å²) >= 11 is 3.10. The maximum absolute atomic E-state index is 14.0. The van der Waals surface area contributed by atoms with Crippen molar-refractivity contribution in [3.8, 4) is 5.69 Å². The predicted octanol–water partition coefficient (Wildman–Crippen LogP) is 5.89. The number of benzene rings is 1. The minimum absolute atomic E-state index is 0.0105. The van der Waals surface area contributed by atoms with Crippen LogP contribution in [0.15, 0.2) is 75.2 Å². The Morgan fingerprint density at radius 1 is 1.10 bits per heavy atom. The third kappa shape index (κ3) is 5.29. The SMILES string of the molecule is Cc1ccccc1-n1c(SCc2ccc(C(=O)NCCc3ccccn3)o2)nc2sc3c(c2c1=O)CCCC3. The van der Waals surface area contributed by atoms with Gasteiger partial charge in [0.05, 0.1) is 16.8 Å². The third-order valence-electron chi connectivity index (χ3n) is 6.94. The molecule has 0 bridgehead atoms. The van der Waals surface area contributed by atoms with Gasteiger partial charge in [0.2, 0.25) is 0 Å². The van der Waals surface area contributed by atoms with Gasteiger partial charge >= 0.3 is 0 Å². The van der Waals surface area contributed by atoms with Crippen molar-refractivity contribution >= 4 is 39.2 Å². The molecule has 1 amide bonds. The summed E-state index contributed by atoms with van der Waals surface area (Å²) in [4.78, 5) is 38.0. The van der Waals surface area contributed by atoms with Crippen molar-refractivity contribution in [2.45, 2.75) is 49.9 Å². The second-order valence-corrected chi connectivity index (χ2v) is 11.6. The fourth-order valence-corrected chi connectivity index (χ4v) is 7.16. The zero-order valence-electron chi connectivity index (χ0n) is 21.6. The van der Waals surface area contributed by atoms with Gasteiger partial charge in [-0.2, -0.15) is 0 Å². The molecule has 0 atom stereocenters. The van der Waals surface area contributed by atoms with Crippen LogP contribution in [0.3, 0.4) is 0 Å². The van der Waals surface area contributed by atoms with Gasteiger partial charge in [0.25, 0.3) is 11.5 Å². The maximum atomic E-state index is 14.0. The van der Waals surface area contributed by atoms with Crippen LogP contribution in [-0.2, 0) is 25.0 Å². The highest BCUT2D eigenvalue weighted by Gasteiger charge is 2.23. The van der Waals surface area contributed by atoms with E-state index >= 15 is 0 Å². The van der Waals surface area contributed by atoms with Gasteiger partial charge < -0.3 is 9.73 Å². The molecule has 7 nitrogen and oxygen atoms in total. The van der Waals surface area contributed by atoms with Crippen LogP contribution in [0.2, 0.25) is 0 Å². The number of para-hydroxylation sites is 1. The van der Waals surface area contributed by atoms with E-state index in [0.29, 0.717) is 29.6 Å². The number of rotatable bonds is 8. The first kappa shape index (κ1) is 25.6. The average Bonchev–Trinajstić information content (AvgIpc) is 3.58. The Balaban J connectivity index is 1.24. The summed E-state index contributed by atoms with van der Waals surface area (Å²) in [7, 11) is 0. The quantitative estimate of drug-likeness (QED) is 0.189. The first-order chi connectivity index (χ1) is 19.1. The molecule has 0 fully saturated rings. The number of carbonyl (C=O) groups is 1. The van der Waals surface area contributed by atoms with Crippen LogP contribution >= 0.6 is 23.1 Å². The zero-order valence-corrected chi connectivity index (χ0v) is 23.2. The molecule has 5 aromatic rings. The first-order valence-electron chi connectivity index (χ1n) is 13.1. The number of carbonyl (C=O) groups excluding carboxylic acids is 1. The number of hydrogen-bond acceptors (Lipinski definition) is 7. The molecule has 1 N–H and O–H groups in total. The van der Waals surface area contributed by atoms with Crippen LogP contribution < -0.4 is 10.9 Å². The van der Waals surface area contributed by atoms with E-state index in [1.807, 2.05) is 49.4 Å². The summed E-state index contributed by atoms with van der Waals surface area (Å²) in [6, 6.07) is 17.1. The summed E-state index contributed by atoms with van der Waals surface area (Å²) in [5, 5.41) is 4.28. The van der Waals surface area contributed by atoms with E-state index in [0.717, 1.165) is 52.8 Å². The summed E-state index contributed by atoms with van der Waals surface area (Å²) in [6.45, 7) is 2.48. The highest BCUT2D eigenvalue weighted by atomic mass is 32.2. The highest BCUT2D eigenvalue weighted by molar-refractivity contribution is 7.98. The largest absolute Gasteiger partial charge is 0.455 e. The van der Waals surface area contributed by atoms with Gasteiger partial charge in [0.15, 0.2) is 10.9 Å². The molecule has 1 aromatic carbocycles. The number of aryl methyl sites for hydroxylation is 3. The number of pyridine rings is 1. The molecule has 0 saturated heterocycles. The second-order valence-electron chi connectivity index (χ2n) is 9.59. The zero-order chi connectivity index (χ0) is 26.8. The van der Waals surface area contributed by atoms with E-state index in [1.54, 1.807) is 34.2 Å². The van der Waals surface area contributed by atoms with Gasteiger partial charge in [0.1, 0.15) is 10.6 Å². The minimum atomic E-state index is -0.261. The Labute approximate surface area is 234 Å². The van der Waals surface area contributed by atoms with E-state index in [2.05, 4.69) is 10.3 Å². The van der Waals surface area contributed by atoms with Gasteiger partial charge in [-0.05, 0) is 74.1 Å². The van der Waals surface area contributed by atoms with Crippen LogP contribution in [0.25, 0.3) is 15.9 Å². The molecule has 0 saturated carbocycles. The maximum Gasteiger partial charge on any atom is 0.287 e. The number of thiophene rings is 1. The van der Waals surface area contributed by atoms with Gasteiger partial charge in [-0.3, -0.25) is 19.1 Å². The normalized spacial score (nSPS) is 12.9. The topological polar surface area (TPSA) is 90.0 Å². The lowest BCUT2D eigenvalue weighted by Gasteiger charge is -2.15. The van der Waals surface area contributed by atoms with Crippen LogP contribution in [0.5, 0.6) is 0 Å². The number of thioether (sulfide) groups is 1. The van der Waals surface area contributed by atoms with E-state index in [4.69, 9.17) is 9.40 Å². The number of hydrogen-bond donors (Lipinski definition) is 1. The molecule has 1 aliphatic carbocycles. The fraction of sp³-hybridized carbons (Fsp3) is 0.267. The van der Waals surface area contributed by atoms with Crippen molar-refractivity contribution in [3.05, 3.63) is 104 Å². The monoisotopic (exact) mass is 556 g/mol. The molecule has 0 radical (unpaired) electrons. The van der Waals surface area contributed by atoms with Gasteiger partial charge in [-0.15, -0.1) is 11.3 Å². The second kappa shape index (κ2) is 11.2. The van der Waals surface area contributed by atoms with Crippen LogP contribution in [-0.4, -0.2) is 27.0 Å². The number of nitrogens with one attached hydrogen (secondary N) is 1. The predicted molar refractivity (Wildman–Crippen MR) is 155 cm³/mol. The Morgan fingerprint density at radius 3 is 2.79 bits per heavy atom. The van der Waals surface area contributed by atoms with Crippen molar-refractivity contribution in [1.82, 2.24) is 19.9 Å². The van der Waals surface area contributed by atoms with E-state index in [1.165, 1.54) is 22.2 Å². The van der Waals surface area contributed by atoms with Gasteiger partial charge in [0, 0.05) is 29.7 Å². The van der Waals surface area contributed by atoms with Gasteiger partial charge in [-0.25, -0.2) is 4.98 Å². The van der Waals surface area contributed by atoms with Crippen LogP contribution in [0.4, 0.5) is 0 Å². The third-order valence-corrected chi connectivity index (χ3v) is 9.08. The molecule has 198 valence electrons. The Hall–Kier alpha value is -3.69. The van der Waals surface area contributed by atoms with Crippen LogP contribution in [0, 0.1) is 6.92 Å². The van der Waals surface area contributed by atoms with E-state index < -0.39 is 0 Å². The number of nitrogens with zero attached hydrogens (tertiary/aromatic N) is 3. The summed E-state index contributed by atoms with van der Waals surface area (Å²) < 4.78 is 7.61. The Bertz CT molecular complexity index is 1700. The Kier molecular flexibility index (Phi) is 7.34. The molecule has 4 heterocycles. The van der Waals surface area contributed by atoms with Gasteiger partial charge in [-0.1, -0.05) is 36.0 Å². The number of furan rings is 1. The van der Waals surface area contributed by atoms with E-state index in [9.17, 15) is 9.59 Å². The molecule has 39 heavy (non-hydrogen) atoms. The van der Waals surface area contributed by atoms with Crippen molar-refractivity contribution < 1.29 is 9.21 Å². The lowest BCUT2D eigenvalue weighted by atomic mass is 9.97. The molecule has 1 aliphatic rings. The molecular formula is C30H28N4O3S2. The standard InChI is InChI=1S/C30H28N4O3S2/c1-19-8-2-4-11-23(19)34-29(36)26-22-10-3-5-12-25(22)39-28(26)33-30(34)38-18-21-13-14-24(37-21)27(35)32-17-15-20-9-6-7-16-31-20/h2,4,6-9,11,13-14,16H,3,5,10,12,15,17-18H2,1H3,(H,32,35). The molecular weight excluding hydrogens is 528 g/mol.